The van der Waals surface area contributed by atoms with Gasteiger partial charge in [0.2, 0.25) is 11.8 Å². The predicted molar refractivity (Wildman–Crippen MR) is 122 cm³/mol. The number of carbonyl (C=O) groups excluding carboxylic acids is 3. The van der Waals surface area contributed by atoms with Crippen LogP contribution in [0.2, 0.25) is 0 Å². The third-order valence-electron chi connectivity index (χ3n) is 7.76. The summed E-state index contributed by atoms with van der Waals surface area (Å²) in [5, 5.41) is 0. The molecule has 7 rings (SSSR count). The molecule has 5 aliphatic rings. The third-order valence-corrected chi connectivity index (χ3v) is 7.76. The second kappa shape index (κ2) is 7.58. The molecule has 2 bridgehead atoms. The van der Waals surface area contributed by atoms with Crippen LogP contribution in [0.3, 0.4) is 0 Å². The average Bonchev–Trinajstić information content (AvgIpc) is 3.63. The molecule has 1 saturated heterocycles. The van der Waals surface area contributed by atoms with Crippen molar-refractivity contribution in [1.29, 1.82) is 0 Å². The van der Waals surface area contributed by atoms with Crippen molar-refractivity contribution in [3.8, 4) is 5.75 Å². The number of hydrogen-bond donors (Lipinski definition) is 0. The fourth-order valence-corrected chi connectivity index (χ4v) is 6.19. The number of anilines is 1. The van der Waals surface area contributed by atoms with Gasteiger partial charge in [-0.3, -0.25) is 24.2 Å². The van der Waals surface area contributed by atoms with Crippen LogP contribution in [0.1, 0.15) is 23.7 Å². The number of ether oxygens (including phenoxy) is 1. The Morgan fingerprint density at radius 2 is 1.55 bits per heavy atom. The van der Waals surface area contributed by atoms with E-state index in [0.29, 0.717) is 35.4 Å². The van der Waals surface area contributed by atoms with Gasteiger partial charge in [0.25, 0.3) is 5.91 Å². The van der Waals surface area contributed by atoms with Crippen LogP contribution in [0.25, 0.3) is 0 Å². The summed E-state index contributed by atoms with van der Waals surface area (Å²) in [5.41, 5.74) is 1.12. The Hall–Kier alpha value is -3.41. The van der Waals surface area contributed by atoms with Crippen molar-refractivity contribution in [3.63, 3.8) is 0 Å². The van der Waals surface area contributed by atoms with E-state index < -0.39 is 0 Å². The van der Waals surface area contributed by atoms with E-state index in [-0.39, 0.29) is 48.1 Å². The fraction of sp³-hybridized carbons (Fsp3) is 0.370. The number of carbonyl (C=O) groups is 3. The Morgan fingerprint density at radius 3 is 2.12 bits per heavy atom. The number of likely N-dealkylation sites (tertiary alicyclic amines) is 1. The highest BCUT2D eigenvalue weighted by Gasteiger charge is 2.67. The van der Waals surface area contributed by atoms with E-state index in [0.717, 1.165) is 6.42 Å². The molecule has 33 heavy (non-hydrogen) atoms. The molecule has 0 radical (unpaired) electrons. The van der Waals surface area contributed by atoms with Crippen LogP contribution in [0.4, 0.5) is 5.69 Å². The van der Waals surface area contributed by atoms with E-state index in [1.165, 1.54) is 9.80 Å². The van der Waals surface area contributed by atoms with Gasteiger partial charge >= 0.3 is 0 Å². The van der Waals surface area contributed by atoms with Gasteiger partial charge < -0.3 is 4.74 Å². The molecule has 0 aromatic heterocycles. The Kier molecular flexibility index (Phi) is 4.64. The summed E-state index contributed by atoms with van der Waals surface area (Å²) >= 11 is 0. The normalized spacial score (nSPS) is 30.8. The molecular formula is C27H26N2O4. The summed E-state index contributed by atoms with van der Waals surface area (Å²) in [5.74, 6) is 1.06. The average molecular weight is 443 g/mol. The molecule has 2 aromatic carbocycles. The highest BCUT2D eigenvalue weighted by Crippen LogP contribution is 2.65. The second-order valence-corrected chi connectivity index (χ2v) is 9.43. The van der Waals surface area contributed by atoms with Crippen LogP contribution >= 0.6 is 0 Å². The lowest BCUT2D eigenvalue weighted by atomic mass is 9.63. The molecule has 1 heterocycles. The first kappa shape index (κ1) is 20.2. The number of amides is 3. The first-order valence-electron chi connectivity index (χ1n) is 11.7. The first-order valence-corrected chi connectivity index (χ1v) is 11.7. The minimum absolute atomic E-state index is 0.0822. The summed E-state index contributed by atoms with van der Waals surface area (Å²) in [4.78, 5) is 43.3. The number of nitrogens with zero attached hydrogens (tertiary/aromatic N) is 2. The van der Waals surface area contributed by atoms with Gasteiger partial charge in [0, 0.05) is 11.3 Å². The van der Waals surface area contributed by atoms with Crippen LogP contribution in [-0.4, -0.2) is 35.9 Å². The van der Waals surface area contributed by atoms with Crippen LogP contribution < -0.4 is 9.64 Å². The van der Waals surface area contributed by atoms with Gasteiger partial charge in [0.1, 0.15) is 12.4 Å². The van der Waals surface area contributed by atoms with Crippen molar-refractivity contribution in [2.45, 2.75) is 13.3 Å². The van der Waals surface area contributed by atoms with Gasteiger partial charge in [-0.1, -0.05) is 30.4 Å². The van der Waals surface area contributed by atoms with Gasteiger partial charge in [-0.2, -0.15) is 0 Å². The van der Waals surface area contributed by atoms with Crippen molar-refractivity contribution >= 4 is 23.4 Å². The van der Waals surface area contributed by atoms with Crippen molar-refractivity contribution in [3.05, 3.63) is 72.3 Å². The topological polar surface area (TPSA) is 66.9 Å². The Bertz CT molecular complexity index is 1110. The second-order valence-electron chi connectivity index (χ2n) is 9.43. The molecule has 1 aliphatic heterocycles. The zero-order valence-electron chi connectivity index (χ0n) is 18.5. The van der Waals surface area contributed by atoms with E-state index in [2.05, 4.69) is 12.2 Å². The number of benzene rings is 2. The summed E-state index contributed by atoms with van der Waals surface area (Å²) in [6.07, 6.45) is 5.45. The van der Waals surface area contributed by atoms with Crippen molar-refractivity contribution in [1.82, 2.24) is 4.90 Å². The maximum Gasteiger partial charge on any atom is 0.259 e. The summed E-state index contributed by atoms with van der Waals surface area (Å²) in [7, 11) is 0. The van der Waals surface area contributed by atoms with E-state index >= 15 is 0 Å². The van der Waals surface area contributed by atoms with Crippen molar-refractivity contribution in [2.24, 2.45) is 35.5 Å². The van der Waals surface area contributed by atoms with Gasteiger partial charge in [-0.15, -0.1) is 0 Å². The minimum atomic E-state index is -0.273. The maximum absolute atomic E-state index is 13.5. The van der Waals surface area contributed by atoms with E-state index in [1.807, 2.05) is 13.0 Å². The zero-order valence-corrected chi connectivity index (χ0v) is 18.5. The van der Waals surface area contributed by atoms with Gasteiger partial charge in [-0.25, -0.2) is 0 Å². The monoisotopic (exact) mass is 442 g/mol. The summed E-state index contributed by atoms with van der Waals surface area (Å²) in [6.45, 7) is 2.38. The molecule has 4 aliphatic carbocycles. The first-order chi connectivity index (χ1) is 16.1. The van der Waals surface area contributed by atoms with E-state index in [9.17, 15) is 14.4 Å². The molecule has 2 aromatic rings. The van der Waals surface area contributed by atoms with E-state index in [4.69, 9.17) is 4.74 Å². The minimum Gasteiger partial charge on any atom is -0.494 e. The van der Waals surface area contributed by atoms with E-state index in [1.54, 1.807) is 48.5 Å². The molecule has 168 valence electrons. The molecule has 6 heteroatoms. The van der Waals surface area contributed by atoms with Crippen LogP contribution in [0.15, 0.2) is 66.7 Å². The van der Waals surface area contributed by atoms with Crippen molar-refractivity contribution < 1.29 is 19.1 Å². The zero-order chi connectivity index (χ0) is 22.7. The molecule has 0 N–H and O–H groups in total. The van der Waals surface area contributed by atoms with Gasteiger partial charge in [-0.05, 0) is 73.4 Å². The molecule has 6 nitrogen and oxygen atoms in total. The Morgan fingerprint density at radius 1 is 0.939 bits per heavy atom. The Labute approximate surface area is 192 Å². The number of hydrogen-bond acceptors (Lipinski definition) is 4. The quantitative estimate of drug-likeness (QED) is 0.505. The lowest BCUT2D eigenvalue weighted by Gasteiger charge is -2.37. The maximum atomic E-state index is 13.5. The van der Waals surface area contributed by atoms with Crippen LogP contribution in [0.5, 0.6) is 5.75 Å². The highest BCUT2D eigenvalue weighted by molar-refractivity contribution is 6.09. The van der Waals surface area contributed by atoms with Gasteiger partial charge in [0.15, 0.2) is 0 Å². The van der Waals surface area contributed by atoms with Crippen LogP contribution in [0, 0.1) is 35.5 Å². The summed E-state index contributed by atoms with van der Waals surface area (Å²) < 4.78 is 5.53. The SMILES string of the molecule is CCOc1ccc(N(CN2C(=O)[C@@H]3[C@H]4C=C[C@@H]([C@@H]5C[C@@H]45)[C@@H]3C2=O)C(=O)c2ccccc2)cc1. The molecular weight excluding hydrogens is 416 g/mol. The highest BCUT2D eigenvalue weighted by atomic mass is 16.5. The molecule has 3 amide bonds. The molecule has 0 spiro atoms. The number of rotatable bonds is 6. The molecule has 0 unspecified atom stereocenters. The standard InChI is InChI=1S/C27H26N2O4/c1-2-33-18-10-8-17(9-11-18)28(25(30)16-6-4-3-5-7-16)15-29-26(31)23-19-12-13-20(22-14-21(19)22)24(23)27(29)32/h3-13,19-24H,2,14-15H2,1H3/t19-,20-,21-,22-,23-,24+/m0/s1. The largest absolute Gasteiger partial charge is 0.494 e. The lowest BCUT2D eigenvalue weighted by molar-refractivity contribution is -0.140. The third kappa shape index (κ3) is 3.11. The Balaban J connectivity index is 1.32. The number of allylic oxidation sites excluding steroid dienone is 2. The fourth-order valence-electron chi connectivity index (χ4n) is 6.19. The molecule has 3 fully saturated rings. The number of imide groups is 1. The molecule has 6 atom stereocenters. The summed E-state index contributed by atoms with van der Waals surface area (Å²) in [6, 6.07) is 16.1. The predicted octanol–water partition coefficient (Wildman–Crippen LogP) is 3.74. The van der Waals surface area contributed by atoms with Gasteiger partial charge in [0.05, 0.1) is 18.4 Å². The molecule has 2 saturated carbocycles. The van der Waals surface area contributed by atoms with Crippen molar-refractivity contribution in [2.75, 3.05) is 18.2 Å². The lowest BCUT2D eigenvalue weighted by Crippen LogP contribution is -2.45. The van der Waals surface area contributed by atoms with Crippen LogP contribution in [-0.2, 0) is 9.59 Å². The smallest absolute Gasteiger partial charge is 0.259 e.